The number of nitrogens with one attached hydrogen (secondary N) is 1. The summed E-state index contributed by atoms with van der Waals surface area (Å²) in [6, 6.07) is -0.631. The van der Waals surface area contributed by atoms with Crippen molar-refractivity contribution in [2.24, 2.45) is 0 Å². The minimum atomic E-state index is -0.847. The van der Waals surface area contributed by atoms with Gasteiger partial charge in [0.25, 0.3) is 0 Å². The van der Waals surface area contributed by atoms with E-state index >= 15 is 0 Å². The molecule has 0 spiro atoms. The summed E-state index contributed by atoms with van der Waals surface area (Å²) in [5.41, 5.74) is 0. The fraction of sp³-hybridized carbons (Fsp3) is 0.909. The lowest BCUT2D eigenvalue weighted by Gasteiger charge is -2.20. The average molecular weight is 1010 g/mol. The SMILES string of the molecule is CCCCCCCCCCCCC/C=C/C(O)C(CO)NC(=O)CCCCCCCCC/C=C\CCCCCCCCCCCCCCOC(=O)CCCCCCCCCCCCCCCCCCCCC. The third-order valence-corrected chi connectivity index (χ3v) is 15.2. The van der Waals surface area contributed by atoms with E-state index in [9.17, 15) is 19.8 Å². The molecule has 0 heterocycles. The number of hydrogen-bond acceptors (Lipinski definition) is 5. The van der Waals surface area contributed by atoms with Crippen LogP contribution in [0.1, 0.15) is 361 Å². The van der Waals surface area contributed by atoms with Crippen molar-refractivity contribution < 1.29 is 24.5 Å². The molecule has 1 amide bonds. The molecule has 0 saturated carbocycles. The maximum atomic E-state index is 12.4. The van der Waals surface area contributed by atoms with Gasteiger partial charge in [0.05, 0.1) is 25.4 Å². The fourth-order valence-corrected chi connectivity index (χ4v) is 10.2. The van der Waals surface area contributed by atoms with E-state index in [1.54, 1.807) is 6.08 Å². The third kappa shape index (κ3) is 57.6. The number of carbonyl (C=O) groups is 2. The highest BCUT2D eigenvalue weighted by Gasteiger charge is 2.18. The number of aliphatic hydroxyl groups is 2. The summed E-state index contributed by atoms with van der Waals surface area (Å²) >= 11 is 0. The summed E-state index contributed by atoms with van der Waals surface area (Å²) in [5, 5.41) is 23.1. The molecule has 0 aliphatic heterocycles. The van der Waals surface area contributed by atoms with E-state index < -0.39 is 12.1 Å². The first-order chi connectivity index (χ1) is 35.5. The molecule has 0 fully saturated rings. The Morgan fingerprint density at radius 2 is 0.653 bits per heavy atom. The number of aliphatic hydroxyl groups excluding tert-OH is 2. The number of unbranched alkanes of at least 4 members (excludes halogenated alkanes) is 48. The quantitative estimate of drug-likeness (QED) is 0.0320. The molecule has 2 unspecified atom stereocenters. The second-order valence-electron chi connectivity index (χ2n) is 22.5. The predicted molar refractivity (Wildman–Crippen MR) is 315 cm³/mol. The largest absolute Gasteiger partial charge is 0.466 e. The van der Waals surface area contributed by atoms with Crippen LogP contribution >= 0.6 is 0 Å². The maximum absolute atomic E-state index is 12.4. The van der Waals surface area contributed by atoms with Gasteiger partial charge in [-0.05, 0) is 57.8 Å². The van der Waals surface area contributed by atoms with Crippen molar-refractivity contribution in [3.8, 4) is 0 Å². The number of esters is 1. The van der Waals surface area contributed by atoms with Gasteiger partial charge < -0.3 is 20.3 Å². The maximum Gasteiger partial charge on any atom is 0.305 e. The van der Waals surface area contributed by atoms with Gasteiger partial charge >= 0.3 is 5.97 Å². The summed E-state index contributed by atoms with van der Waals surface area (Å²) in [7, 11) is 0. The smallest absolute Gasteiger partial charge is 0.305 e. The Hall–Kier alpha value is -1.66. The van der Waals surface area contributed by atoms with Crippen LogP contribution in [0.3, 0.4) is 0 Å². The Morgan fingerprint density at radius 3 is 0.986 bits per heavy atom. The summed E-state index contributed by atoms with van der Waals surface area (Å²) in [4.78, 5) is 24.6. The van der Waals surface area contributed by atoms with Gasteiger partial charge in [-0.3, -0.25) is 9.59 Å². The fourth-order valence-electron chi connectivity index (χ4n) is 10.2. The van der Waals surface area contributed by atoms with Crippen molar-refractivity contribution >= 4 is 11.9 Å². The summed E-state index contributed by atoms with van der Waals surface area (Å²) < 4.78 is 5.51. The number of ether oxygens (including phenoxy) is 1. The molecule has 6 nitrogen and oxygen atoms in total. The monoisotopic (exact) mass is 1010 g/mol. The van der Waals surface area contributed by atoms with E-state index in [1.807, 2.05) is 6.08 Å². The lowest BCUT2D eigenvalue weighted by atomic mass is 10.0. The van der Waals surface area contributed by atoms with Crippen molar-refractivity contribution in [3.05, 3.63) is 24.3 Å². The van der Waals surface area contributed by atoms with Gasteiger partial charge in [-0.25, -0.2) is 0 Å². The zero-order valence-electron chi connectivity index (χ0n) is 48.7. The lowest BCUT2D eigenvalue weighted by Crippen LogP contribution is -2.45. The van der Waals surface area contributed by atoms with Crippen LogP contribution in [-0.2, 0) is 14.3 Å². The molecule has 426 valence electrons. The van der Waals surface area contributed by atoms with Gasteiger partial charge in [0.2, 0.25) is 5.91 Å². The molecule has 3 N–H and O–H groups in total. The van der Waals surface area contributed by atoms with Gasteiger partial charge in [-0.15, -0.1) is 0 Å². The predicted octanol–water partition coefficient (Wildman–Crippen LogP) is 20.6. The van der Waals surface area contributed by atoms with Crippen molar-refractivity contribution in [2.45, 2.75) is 373 Å². The van der Waals surface area contributed by atoms with Crippen LogP contribution in [0.4, 0.5) is 0 Å². The zero-order chi connectivity index (χ0) is 52.2. The first-order valence-corrected chi connectivity index (χ1v) is 32.6. The Bertz CT molecular complexity index is 1120. The first-order valence-electron chi connectivity index (χ1n) is 32.6. The van der Waals surface area contributed by atoms with E-state index in [1.165, 1.54) is 289 Å². The minimum Gasteiger partial charge on any atom is -0.466 e. The second-order valence-corrected chi connectivity index (χ2v) is 22.5. The molecule has 72 heavy (non-hydrogen) atoms. The average Bonchev–Trinajstić information content (AvgIpc) is 3.38. The van der Waals surface area contributed by atoms with Crippen LogP contribution in [0, 0.1) is 0 Å². The Labute approximate surface area is 450 Å². The number of carbonyl (C=O) groups excluding carboxylic acids is 2. The lowest BCUT2D eigenvalue weighted by molar-refractivity contribution is -0.143. The molecule has 0 saturated heterocycles. The molecule has 0 bridgehead atoms. The minimum absolute atomic E-state index is 0.0162. The van der Waals surface area contributed by atoms with Crippen LogP contribution in [0.5, 0.6) is 0 Å². The Balaban J connectivity index is 3.39. The van der Waals surface area contributed by atoms with Crippen LogP contribution in [0.15, 0.2) is 24.3 Å². The normalized spacial score (nSPS) is 12.7. The molecule has 0 aliphatic carbocycles. The number of hydrogen-bond donors (Lipinski definition) is 3. The standard InChI is InChI=1S/C66H127NO5/c1-3-5-7-9-11-13-15-17-18-19-25-29-32-36-40-44-48-52-56-60-66(71)72-61-57-53-49-45-41-37-33-30-27-24-22-20-21-23-26-28-31-35-39-43-47-51-55-59-65(70)67-63(62-68)64(69)58-54-50-46-42-38-34-16-14-12-10-8-6-4-2/h23,26,54,58,63-64,68-69H,3-22,24-25,27-53,55-57,59-62H2,1-2H3,(H,67,70)/b26-23-,58-54+. The Morgan fingerprint density at radius 1 is 0.375 bits per heavy atom. The van der Waals surface area contributed by atoms with Crippen molar-refractivity contribution in [1.82, 2.24) is 5.32 Å². The van der Waals surface area contributed by atoms with Gasteiger partial charge in [-0.1, -0.05) is 314 Å². The number of rotatable bonds is 61. The molecule has 0 aromatic rings. The van der Waals surface area contributed by atoms with Crippen molar-refractivity contribution in [1.29, 1.82) is 0 Å². The van der Waals surface area contributed by atoms with E-state index in [2.05, 4.69) is 31.3 Å². The summed E-state index contributed by atoms with van der Waals surface area (Å²) in [5.74, 6) is -0.0571. The van der Waals surface area contributed by atoms with Gasteiger partial charge in [0, 0.05) is 12.8 Å². The number of amides is 1. The highest BCUT2D eigenvalue weighted by Crippen LogP contribution is 2.18. The second kappa shape index (κ2) is 61.9. The van der Waals surface area contributed by atoms with Crippen LogP contribution in [-0.4, -0.2) is 47.4 Å². The van der Waals surface area contributed by atoms with Crippen LogP contribution < -0.4 is 5.32 Å². The third-order valence-electron chi connectivity index (χ3n) is 15.2. The zero-order valence-corrected chi connectivity index (χ0v) is 48.7. The molecule has 6 heteroatoms. The molecule has 0 aromatic carbocycles. The van der Waals surface area contributed by atoms with Gasteiger partial charge in [0.1, 0.15) is 0 Å². The van der Waals surface area contributed by atoms with E-state index in [-0.39, 0.29) is 18.5 Å². The Kier molecular flexibility index (Phi) is 60.5. The summed E-state index contributed by atoms with van der Waals surface area (Å²) in [6.45, 7) is 4.92. The molecular formula is C66H127NO5. The van der Waals surface area contributed by atoms with Gasteiger partial charge in [-0.2, -0.15) is 0 Å². The highest BCUT2D eigenvalue weighted by atomic mass is 16.5. The van der Waals surface area contributed by atoms with Crippen LogP contribution in [0.25, 0.3) is 0 Å². The molecule has 0 rings (SSSR count). The number of allylic oxidation sites excluding steroid dienone is 3. The highest BCUT2D eigenvalue weighted by molar-refractivity contribution is 5.76. The van der Waals surface area contributed by atoms with E-state index in [0.717, 1.165) is 44.9 Å². The van der Waals surface area contributed by atoms with E-state index in [4.69, 9.17) is 4.74 Å². The first kappa shape index (κ1) is 70.3. The molecule has 2 atom stereocenters. The molecular weight excluding hydrogens is 887 g/mol. The van der Waals surface area contributed by atoms with Crippen LogP contribution in [0.2, 0.25) is 0 Å². The summed E-state index contributed by atoms with van der Waals surface area (Å²) in [6.07, 6.45) is 76.6. The molecule has 0 radical (unpaired) electrons. The molecule has 0 aromatic heterocycles. The van der Waals surface area contributed by atoms with Gasteiger partial charge in [0.15, 0.2) is 0 Å². The topological polar surface area (TPSA) is 95.9 Å². The van der Waals surface area contributed by atoms with Crippen molar-refractivity contribution in [3.63, 3.8) is 0 Å². The van der Waals surface area contributed by atoms with E-state index in [0.29, 0.717) is 19.4 Å². The molecule has 0 aliphatic rings. The van der Waals surface area contributed by atoms with Crippen molar-refractivity contribution in [2.75, 3.05) is 13.2 Å².